The van der Waals surface area contributed by atoms with E-state index in [1.165, 1.54) is 0 Å². The molecule has 1 amide bonds. The standard InChI is InChI=1S/C16H24N2O3S/c1-18(2)15-6-3-13(4-7-15)5-8-16(19)17-11-14-9-10-22(20,21)12-14/h3-4,6-7,14H,5,8-12H2,1-2H3,(H,17,19)/t14-/m0/s1. The molecule has 1 aromatic carbocycles. The Kier molecular flexibility index (Phi) is 5.45. The first kappa shape index (κ1) is 16.8. The van der Waals surface area contributed by atoms with Gasteiger partial charge in [0, 0.05) is 32.7 Å². The summed E-state index contributed by atoms with van der Waals surface area (Å²) in [5.74, 6) is 0.528. The highest BCUT2D eigenvalue weighted by atomic mass is 32.2. The third-order valence-electron chi connectivity index (χ3n) is 4.01. The van der Waals surface area contributed by atoms with Gasteiger partial charge in [0.2, 0.25) is 5.91 Å². The van der Waals surface area contributed by atoms with Crippen molar-refractivity contribution in [3.63, 3.8) is 0 Å². The molecule has 1 aliphatic rings. The molecule has 1 heterocycles. The third kappa shape index (κ3) is 5.02. The molecule has 1 N–H and O–H groups in total. The molecule has 22 heavy (non-hydrogen) atoms. The van der Waals surface area contributed by atoms with Crippen molar-refractivity contribution in [2.45, 2.75) is 19.3 Å². The lowest BCUT2D eigenvalue weighted by Crippen LogP contribution is -2.29. The van der Waals surface area contributed by atoms with Gasteiger partial charge in [0.05, 0.1) is 11.5 Å². The minimum Gasteiger partial charge on any atom is -0.378 e. The summed E-state index contributed by atoms with van der Waals surface area (Å²) in [7, 11) is 1.12. The number of amides is 1. The lowest BCUT2D eigenvalue weighted by atomic mass is 10.1. The zero-order valence-corrected chi connectivity index (χ0v) is 14.0. The molecular weight excluding hydrogens is 300 g/mol. The smallest absolute Gasteiger partial charge is 0.220 e. The first-order valence-electron chi connectivity index (χ1n) is 7.59. The van der Waals surface area contributed by atoms with Crippen molar-refractivity contribution in [3.05, 3.63) is 29.8 Å². The number of nitrogens with zero attached hydrogens (tertiary/aromatic N) is 1. The Balaban J connectivity index is 1.71. The van der Waals surface area contributed by atoms with Gasteiger partial charge >= 0.3 is 0 Å². The molecule has 0 unspecified atom stereocenters. The van der Waals surface area contributed by atoms with Gasteiger partial charge in [-0.3, -0.25) is 4.79 Å². The molecule has 0 spiro atoms. The average molecular weight is 324 g/mol. The Hall–Kier alpha value is -1.56. The number of benzene rings is 1. The lowest BCUT2D eigenvalue weighted by Gasteiger charge is -2.13. The van der Waals surface area contributed by atoms with Crippen LogP contribution in [0.3, 0.4) is 0 Å². The fourth-order valence-electron chi connectivity index (χ4n) is 2.60. The Morgan fingerprint density at radius 2 is 1.95 bits per heavy atom. The van der Waals surface area contributed by atoms with Crippen LogP contribution in [0.1, 0.15) is 18.4 Å². The van der Waals surface area contributed by atoms with Crippen LogP contribution in [0.5, 0.6) is 0 Å². The van der Waals surface area contributed by atoms with E-state index in [1.54, 1.807) is 0 Å². The number of nitrogens with one attached hydrogen (secondary N) is 1. The van der Waals surface area contributed by atoms with E-state index in [4.69, 9.17) is 0 Å². The van der Waals surface area contributed by atoms with Gasteiger partial charge < -0.3 is 10.2 Å². The van der Waals surface area contributed by atoms with Gasteiger partial charge in [0.15, 0.2) is 9.84 Å². The molecular formula is C16H24N2O3S. The van der Waals surface area contributed by atoms with Crippen LogP contribution < -0.4 is 10.2 Å². The van der Waals surface area contributed by atoms with E-state index < -0.39 is 9.84 Å². The molecule has 1 aromatic rings. The second-order valence-electron chi connectivity index (χ2n) is 6.13. The van der Waals surface area contributed by atoms with Crippen LogP contribution in [0.2, 0.25) is 0 Å². The molecule has 0 aliphatic carbocycles. The van der Waals surface area contributed by atoms with Crippen molar-refractivity contribution in [1.29, 1.82) is 0 Å². The number of hydrogen-bond donors (Lipinski definition) is 1. The molecule has 0 aromatic heterocycles. The number of carbonyl (C=O) groups is 1. The first-order chi connectivity index (χ1) is 10.4. The zero-order valence-electron chi connectivity index (χ0n) is 13.2. The van der Waals surface area contributed by atoms with Gasteiger partial charge in [-0.2, -0.15) is 0 Å². The fourth-order valence-corrected chi connectivity index (χ4v) is 4.46. The quantitative estimate of drug-likeness (QED) is 0.855. The maximum absolute atomic E-state index is 11.8. The summed E-state index contributed by atoms with van der Waals surface area (Å²) in [5.41, 5.74) is 2.26. The minimum absolute atomic E-state index is 0.0130. The maximum Gasteiger partial charge on any atom is 0.220 e. The number of hydrogen-bond acceptors (Lipinski definition) is 4. The van der Waals surface area contributed by atoms with Crippen molar-refractivity contribution < 1.29 is 13.2 Å². The lowest BCUT2D eigenvalue weighted by molar-refractivity contribution is -0.121. The second-order valence-corrected chi connectivity index (χ2v) is 8.36. The third-order valence-corrected chi connectivity index (χ3v) is 5.85. The highest BCUT2D eigenvalue weighted by Gasteiger charge is 2.27. The maximum atomic E-state index is 11.8. The van der Waals surface area contributed by atoms with Gasteiger partial charge in [-0.05, 0) is 36.5 Å². The number of rotatable bonds is 6. The van der Waals surface area contributed by atoms with Crippen molar-refractivity contribution in [3.8, 4) is 0 Å². The summed E-state index contributed by atoms with van der Waals surface area (Å²) in [6, 6.07) is 8.14. The summed E-state index contributed by atoms with van der Waals surface area (Å²) in [6.45, 7) is 0.470. The van der Waals surface area contributed by atoms with Crippen LogP contribution in [-0.4, -0.2) is 46.5 Å². The van der Waals surface area contributed by atoms with E-state index in [9.17, 15) is 13.2 Å². The second kappa shape index (κ2) is 7.13. The number of sulfone groups is 1. The molecule has 0 radical (unpaired) electrons. The topological polar surface area (TPSA) is 66.5 Å². The summed E-state index contributed by atoms with van der Waals surface area (Å²) in [5, 5.41) is 2.85. The molecule has 1 atom stereocenters. The Morgan fingerprint density at radius 3 is 2.50 bits per heavy atom. The molecule has 0 bridgehead atoms. The Bertz CT molecular complexity index is 609. The molecule has 2 rings (SSSR count). The number of aryl methyl sites for hydroxylation is 1. The number of carbonyl (C=O) groups excluding carboxylic acids is 1. The van der Waals surface area contributed by atoms with Crippen molar-refractivity contribution in [2.24, 2.45) is 5.92 Å². The summed E-state index contributed by atoms with van der Waals surface area (Å²) >= 11 is 0. The van der Waals surface area contributed by atoms with Crippen LogP contribution >= 0.6 is 0 Å². The minimum atomic E-state index is -2.87. The SMILES string of the molecule is CN(C)c1ccc(CCC(=O)NC[C@@H]2CCS(=O)(=O)C2)cc1. The zero-order chi connectivity index (χ0) is 16.2. The normalized spacial score (nSPS) is 19.8. The summed E-state index contributed by atoms with van der Waals surface area (Å²) in [6.07, 6.45) is 1.79. The Labute approximate surface area is 132 Å². The largest absolute Gasteiger partial charge is 0.378 e. The van der Waals surface area contributed by atoms with E-state index in [0.29, 0.717) is 25.8 Å². The molecule has 1 fully saturated rings. The number of anilines is 1. The van der Waals surface area contributed by atoms with E-state index in [0.717, 1.165) is 11.3 Å². The van der Waals surface area contributed by atoms with Gasteiger partial charge in [0.25, 0.3) is 0 Å². The van der Waals surface area contributed by atoms with Gasteiger partial charge in [0.1, 0.15) is 0 Å². The fraction of sp³-hybridized carbons (Fsp3) is 0.562. The van der Waals surface area contributed by atoms with Crippen molar-refractivity contribution >= 4 is 21.4 Å². The van der Waals surface area contributed by atoms with Gasteiger partial charge in [-0.15, -0.1) is 0 Å². The van der Waals surface area contributed by atoms with E-state index in [2.05, 4.69) is 5.32 Å². The highest BCUT2D eigenvalue weighted by molar-refractivity contribution is 7.91. The van der Waals surface area contributed by atoms with Gasteiger partial charge in [-0.25, -0.2) is 8.42 Å². The molecule has 5 nitrogen and oxygen atoms in total. The van der Waals surface area contributed by atoms with E-state index in [-0.39, 0.29) is 23.3 Å². The van der Waals surface area contributed by atoms with Crippen molar-refractivity contribution in [1.82, 2.24) is 5.32 Å². The predicted octanol–water partition coefficient (Wildman–Crippen LogP) is 1.24. The average Bonchev–Trinajstić information content (AvgIpc) is 2.82. The van der Waals surface area contributed by atoms with Crippen LogP contribution in [0, 0.1) is 5.92 Å². The predicted molar refractivity (Wildman–Crippen MR) is 88.9 cm³/mol. The molecule has 0 saturated carbocycles. The first-order valence-corrected chi connectivity index (χ1v) is 9.41. The van der Waals surface area contributed by atoms with Crippen LogP contribution in [0.15, 0.2) is 24.3 Å². The summed E-state index contributed by atoms with van der Waals surface area (Å²) < 4.78 is 22.7. The molecule has 6 heteroatoms. The molecule has 122 valence electrons. The van der Waals surface area contributed by atoms with E-state index in [1.807, 2.05) is 43.3 Å². The van der Waals surface area contributed by atoms with Crippen LogP contribution in [0.25, 0.3) is 0 Å². The van der Waals surface area contributed by atoms with E-state index >= 15 is 0 Å². The highest BCUT2D eigenvalue weighted by Crippen LogP contribution is 2.17. The van der Waals surface area contributed by atoms with Gasteiger partial charge in [-0.1, -0.05) is 12.1 Å². The Morgan fingerprint density at radius 1 is 1.27 bits per heavy atom. The van der Waals surface area contributed by atoms with Crippen LogP contribution in [-0.2, 0) is 21.1 Å². The van der Waals surface area contributed by atoms with Crippen LogP contribution in [0.4, 0.5) is 5.69 Å². The summed E-state index contributed by atoms with van der Waals surface area (Å²) in [4.78, 5) is 13.9. The van der Waals surface area contributed by atoms with Crippen molar-refractivity contribution in [2.75, 3.05) is 37.0 Å². The molecule has 1 aliphatic heterocycles. The molecule has 1 saturated heterocycles. The monoisotopic (exact) mass is 324 g/mol.